The second kappa shape index (κ2) is 4.29. The van der Waals surface area contributed by atoms with Crippen molar-refractivity contribution in [2.24, 2.45) is 5.16 Å². The van der Waals surface area contributed by atoms with E-state index in [-0.39, 0.29) is 5.92 Å². The minimum absolute atomic E-state index is 0.289. The number of hydrogen-bond donors (Lipinski definition) is 1. The van der Waals surface area contributed by atoms with Crippen LogP contribution in [0.1, 0.15) is 34.9 Å². The van der Waals surface area contributed by atoms with Crippen LogP contribution in [0.4, 0.5) is 0 Å². The van der Waals surface area contributed by atoms with Gasteiger partial charge in [0.2, 0.25) is 0 Å². The standard InChI is InChI=1S/C14H14N2O2/c1-9-14-12(15-17)7-11(8-13(14)18-16-9)10-5-3-2-4-6-10/h2-6,11,17H,7-8H2,1H3/b15-12+/t11-/m0/s1. The van der Waals surface area contributed by atoms with E-state index in [1.54, 1.807) is 0 Å². The summed E-state index contributed by atoms with van der Waals surface area (Å²) in [5.74, 6) is 1.11. The molecule has 0 bridgehead atoms. The minimum Gasteiger partial charge on any atom is -0.411 e. The summed E-state index contributed by atoms with van der Waals surface area (Å²) < 4.78 is 5.33. The summed E-state index contributed by atoms with van der Waals surface area (Å²) in [6, 6.07) is 10.2. The van der Waals surface area contributed by atoms with Crippen LogP contribution in [-0.4, -0.2) is 16.1 Å². The molecule has 3 rings (SSSR count). The first kappa shape index (κ1) is 11.0. The van der Waals surface area contributed by atoms with Crippen molar-refractivity contribution in [1.82, 2.24) is 5.16 Å². The van der Waals surface area contributed by atoms with Crippen LogP contribution in [0.15, 0.2) is 40.0 Å². The largest absolute Gasteiger partial charge is 0.411 e. The Morgan fingerprint density at radius 3 is 2.78 bits per heavy atom. The van der Waals surface area contributed by atoms with Gasteiger partial charge in [0.25, 0.3) is 0 Å². The molecule has 0 fully saturated rings. The quantitative estimate of drug-likeness (QED) is 0.618. The third kappa shape index (κ3) is 1.70. The van der Waals surface area contributed by atoms with E-state index in [9.17, 15) is 0 Å². The third-order valence-corrected chi connectivity index (χ3v) is 3.49. The van der Waals surface area contributed by atoms with E-state index in [4.69, 9.17) is 9.73 Å². The van der Waals surface area contributed by atoms with Crippen LogP contribution in [0.3, 0.4) is 0 Å². The van der Waals surface area contributed by atoms with Crippen LogP contribution in [0.25, 0.3) is 0 Å². The molecule has 1 heterocycles. The van der Waals surface area contributed by atoms with Gasteiger partial charge in [-0.1, -0.05) is 40.6 Å². The maximum absolute atomic E-state index is 9.16. The Bertz CT molecular complexity index is 587. The molecule has 2 aromatic rings. The second-order valence-electron chi connectivity index (χ2n) is 4.63. The molecular weight excluding hydrogens is 228 g/mol. The summed E-state index contributed by atoms with van der Waals surface area (Å²) in [6.07, 6.45) is 1.52. The average Bonchev–Trinajstić information content (AvgIpc) is 2.81. The topological polar surface area (TPSA) is 58.6 Å². The van der Waals surface area contributed by atoms with Gasteiger partial charge < -0.3 is 9.73 Å². The van der Waals surface area contributed by atoms with Crippen molar-refractivity contribution in [3.8, 4) is 0 Å². The van der Waals surface area contributed by atoms with E-state index in [1.165, 1.54) is 5.56 Å². The van der Waals surface area contributed by atoms with Crippen LogP contribution in [-0.2, 0) is 6.42 Å². The number of aromatic nitrogens is 1. The molecule has 1 atom stereocenters. The lowest BCUT2D eigenvalue weighted by Crippen LogP contribution is -2.19. The summed E-state index contributed by atoms with van der Waals surface area (Å²) in [5, 5.41) is 16.5. The molecule has 0 aliphatic heterocycles. The number of nitrogens with zero attached hydrogens (tertiary/aromatic N) is 2. The molecule has 1 aromatic heterocycles. The number of benzene rings is 1. The Morgan fingerprint density at radius 1 is 1.28 bits per heavy atom. The van der Waals surface area contributed by atoms with Gasteiger partial charge >= 0.3 is 0 Å². The normalized spacial score (nSPS) is 20.9. The second-order valence-corrected chi connectivity index (χ2v) is 4.63. The Balaban J connectivity index is 2.01. The maximum atomic E-state index is 9.16. The fraction of sp³-hybridized carbons (Fsp3) is 0.286. The molecule has 1 N–H and O–H groups in total. The molecule has 0 saturated heterocycles. The lowest BCUT2D eigenvalue weighted by Gasteiger charge is -2.21. The smallest absolute Gasteiger partial charge is 0.146 e. The molecule has 0 spiro atoms. The van der Waals surface area contributed by atoms with Crippen LogP contribution in [0.2, 0.25) is 0 Å². The summed E-state index contributed by atoms with van der Waals surface area (Å²) in [6.45, 7) is 1.87. The molecule has 0 amide bonds. The van der Waals surface area contributed by atoms with Gasteiger partial charge in [-0.15, -0.1) is 0 Å². The van der Waals surface area contributed by atoms with Crippen LogP contribution >= 0.6 is 0 Å². The Kier molecular flexibility index (Phi) is 2.63. The van der Waals surface area contributed by atoms with Crippen molar-refractivity contribution in [3.05, 3.63) is 52.9 Å². The molecule has 4 nitrogen and oxygen atoms in total. The molecule has 0 radical (unpaired) electrons. The average molecular weight is 242 g/mol. The van der Waals surface area contributed by atoms with Crippen LogP contribution < -0.4 is 0 Å². The Labute approximate surface area is 105 Å². The van der Waals surface area contributed by atoms with E-state index < -0.39 is 0 Å². The van der Waals surface area contributed by atoms with Crippen molar-refractivity contribution in [2.45, 2.75) is 25.7 Å². The summed E-state index contributed by atoms with van der Waals surface area (Å²) in [5.41, 5.74) is 3.58. The zero-order valence-electron chi connectivity index (χ0n) is 10.1. The molecule has 0 saturated carbocycles. The molecular formula is C14H14N2O2. The monoisotopic (exact) mass is 242 g/mol. The van der Waals surface area contributed by atoms with Crippen molar-refractivity contribution in [1.29, 1.82) is 0 Å². The minimum atomic E-state index is 0.289. The first-order valence-corrected chi connectivity index (χ1v) is 6.01. The van der Waals surface area contributed by atoms with Gasteiger partial charge in [0.15, 0.2) is 0 Å². The van der Waals surface area contributed by atoms with Crippen molar-refractivity contribution in [2.75, 3.05) is 0 Å². The molecule has 1 aromatic carbocycles. The molecule has 4 heteroatoms. The fourth-order valence-corrected chi connectivity index (χ4v) is 2.61. The fourth-order valence-electron chi connectivity index (χ4n) is 2.61. The zero-order chi connectivity index (χ0) is 12.5. The molecule has 18 heavy (non-hydrogen) atoms. The molecule has 1 aliphatic carbocycles. The van der Waals surface area contributed by atoms with Crippen LogP contribution in [0, 0.1) is 6.92 Å². The van der Waals surface area contributed by atoms with Crippen LogP contribution in [0.5, 0.6) is 0 Å². The van der Waals surface area contributed by atoms with E-state index in [0.717, 1.165) is 29.9 Å². The SMILES string of the molecule is Cc1noc2c1/C(=N/O)C[C@H](c1ccccc1)C2. The lowest BCUT2D eigenvalue weighted by molar-refractivity contribution is 0.315. The van der Waals surface area contributed by atoms with Gasteiger partial charge in [-0.05, 0) is 18.4 Å². The summed E-state index contributed by atoms with van der Waals surface area (Å²) in [4.78, 5) is 0. The van der Waals surface area contributed by atoms with E-state index in [1.807, 2.05) is 25.1 Å². The number of fused-ring (bicyclic) bond motifs is 1. The van der Waals surface area contributed by atoms with Gasteiger partial charge in [0, 0.05) is 12.8 Å². The highest BCUT2D eigenvalue weighted by atomic mass is 16.5. The van der Waals surface area contributed by atoms with Gasteiger partial charge in [0.05, 0.1) is 17.0 Å². The van der Waals surface area contributed by atoms with Crippen molar-refractivity contribution in [3.63, 3.8) is 0 Å². The zero-order valence-corrected chi connectivity index (χ0v) is 10.1. The number of aryl methyl sites for hydroxylation is 1. The first-order chi connectivity index (χ1) is 8.79. The summed E-state index contributed by atoms with van der Waals surface area (Å²) >= 11 is 0. The highest BCUT2D eigenvalue weighted by molar-refractivity contribution is 6.03. The van der Waals surface area contributed by atoms with E-state index in [0.29, 0.717) is 5.71 Å². The summed E-state index contributed by atoms with van der Waals surface area (Å²) in [7, 11) is 0. The first-order valence-electron chi connectivity index (χ1n) is 6.01. The van der Waals surface area contributed by atoms with E-state index >= 15 is 0 Å². The van der Waals surface area contributed by atoms with E-state index in [2.05, 4.69) is 22.4 Å². The number of hydrogen-bond acceptors (Lipinski definition) is 4. The lowest BCUT2D eigenvalue weighted by atomic mass is 9.82. The maximum Gasteiger partial charge on any atom is 0.146 e. The predicted octanol–water partition coefficient (Wildman–Crippen LogP) is 2.89. The highest BCUT2D eigenvalue weighted by Crippen LogP contribution is 2.34. The molecule has 1 aliphatic rings. The van der Waals surface area contributed by atoms with Gasteiger partial charge in [-0.3, -0.25) is 0 Å². The van der Waals surface area contributed by atoms with Gasteiger partial charge in [0.1, 0.15) is 5.76 Å². The van der Waals surface area contributed by atoms with Gasteiger partial charge in [-0.25, -0.2) is 0 Å². The van der Waals surface area contributed by atoms with Gasteiger partial charge in [-0.2, -0.15) is 0 Å². The van der Waals surface area contributed by atoms with Crippen molar-refractivity contribution >= 4 is 5.71 Å². The van der Waals surface area contributed by atoms with Crippen molar-refractivity contribution < 1.29 is 9.73 Å². The number of rotatable bonds is 1. The predicted molar refractivity (Wildman–Crippen MR) is 67.1 cm³/mol. The Hall–Kier alpha value is -2.10. The molecule has 92 valence electrons. The molecule has 0 unspecified atom stereocenters. The number of oxime groups is 1. The Morgan fingerprint density at radius 2 is 2.06 bits per heavy atom. The third-order valence-electron chi connectivity index (χ3n) is 3.49. The highest BCUT2D eigenvalue weighted by Gasteiger charge is 2.30.